The predicted octanol–water partition coefficient (Wildman–Crippen LogP) is 7.39. The lowest BCUT2D eigenvalue weighted by Gasteiger charge is -2.21. The molecule has 1 amide bonds. The van der Waals surface area contributed by atoms with Crippen molar-refractivity contribution in [2.75, 3.05) is 5.75 Å². The van der Waals surface area contributed by atoms with Gasteiger partial charge >= 0.3 is 0 Å². The largest absolute Gasteiger partial charge is 0.387 e. The monoisotopic (exact) mass is 551 g/mol. The van der Waals surface area contributed by atoms with Crippen molar-refractivity contribution in [2.45, 2.75) is 122 Å². The zero-order valence-corrected chi connectivity index (χ0v) is 24.6. The lowest BCUT2D eigenvalue weighted by Crippen LogP contribution is -2.46. The molecule has 0 saturated carbocycles. The fourth-order valence-electron chi connectivity index (χ4n) is 3.79. The Morgan fingerprint density at radius 2 is 1.26 bits per heavy atom. The molecule has 0 aromatic rings. The van der Waals surface area contributed by atoms with Gasteiger partial charge in [-0.15, -0.1) is 0 Å². The lowest BCUT2D eigenvalue weighted by atomic mass is 10.1. The predicted molar refractivity (Wildman–Crippen MR) is 161 cm³/mol. The zero-order valence-electron chi connectivity index (χ0n) is 23.8. The van der Waals surface area contributed by atoms with Gasteiger partial charge in [0.25, 0.3) is 10.1 Å². The van der Waals surface area contributed by atoms with Crippen LogP contribution in [0.3, 0.4) is 0 Å². The Morgan fingerprint density at radius 1 is 0.737 bits per heavy atom. The molecule has 0 aromatic carbocycles. The van der Waals surface area contributed by atoms with Gasteiger partial charge in [-0.05, 0) is 57.8 Å². The Morgan fingerprint density at radius 3 is 1.84 bits per heavy atom. The van der Waals surface area contributed by atoms with E-state index in [-0.39, 0.29) is 12.3 Å². The van der Waals surface area contributed by atoms with Crippen LogP contribution < -0.4 is 5.32 Å². The summed E-state index contributed by atoms with van der Waals surface area (Å²) >= 11 is 0. The summed E-state index contributed by atoms with van der Waals surface area (Å²) in [6, 6.07) is -1.07. The van der Waals surface area contributed by atoms with Crippen molar-refractivity contribution in [2.24, 2.45) is 0 Å². The maximum atomic E-state index is 12.3. The van der Waals surface area contributed by atoms with Crippen molar-refractivity contribution in [3.05, 3.63) is 60.8 Å². The topological polar surface area (TPSA) is 104 Å². The van der Waals surface area contributed by atoms with E-state index in [0.29, 0.717) is 6.42 Å². The van der Waals surface area contributed by atoms with Crippen LogP contribution in [0, 0.1) is 0 Å². The van der Waals surface area contributed by atoms with Crippen LogP contribution in [0.25, 0.3) is 0 Å². The number of aliphatic hydroxyl groups is 1. The van der Waals surface area contributed by atoms with Gasteiger partial charge < -0.3 is 10.4 Å². The Labute approximate surface area is 232 Å². The van der Waals surface area contributed by atoms with Gasteiger partial charge in [-0.2, -0.15) is 8.42 Å². The highest BCUT2D eigenvalue weighted by molar-refractivity contribution is 7.85. The molecule has 2 unspecified atom stereocenters. The molecular weight excluding hydrogens is 498 g/mol. The quantitative estimate of drug-likeness (QED) is 0.0659. The summed E-state index contributed by atoms with van der Waals surface area (Å²) < 4.78 is 31.9. The van der Waals surface area contributed by atoms with Gasteiger partial charge in [-0.3, -0.25) is 9.35 Å². The van der Waals surface area contributed by atoms with E-state index in [9.17, 15) is 22.9 Å². The van der Waals surface area contributed by atoms with Crippen LogP contribution in [0.1, 0.15) is 110 Å². The number of amides is 1. The van der Waals surface area contributed by atoms with Crippen LogP contribution >= 0.6 is 0 Å². The average molecular weight is 552 g/mol. The summed E-state index contributed by atoms with van der Waals surface area (Å²) in [6.07, 6.45) is 33.7. The molecule has 7 heteroatoms. The molecule has 0 saturated heterocycles. The average Bonchev–Trinajstić information content (AvgIpc) is 2.86. The fraction of sp³-hybridized carbons (Fsp3) is 0.645. The Hall–Kier alpha value is -1.96. The van der Waals surface area contributed by atoms with Gasteiger partial charge in [-0.25, -0.2) is 0 Å². The normalized spacial score (nSPS) is 14.5. The first-order valence-corrected chi connectivity index (χ1v) is 16.1. The van der Waals surface area contributed by atoms with Gasteiger partial charge in [0, 0.05) is 6.42 Å². The second-order valence-corrected chi connectivity index (χ2v) is 11.1. The van der Waals surface area contributed by atoms with E-state index in [1.165, 1.54) is 6.08 Å². The molecule has 0 bridgehead atoms. The molecule has 0 aliphatic carbocycles. The molecule has 0 aromatic heterocycles. The zero-order chi connectivity index (χ0) is 28.3. The van der Waals surface area contributed by atoms with Crippen molar-refractivity contribution in [3.63, 3.8) is 0 Å². The Bertz CT molecular complexity index is 827. The lowest BCUT2D eigenvalue weighted by molar-refractivity contribution is -0.122. The van der Waals surface area contributed by atoms with Crippen LogP contribution in [0.4, 0.5) is 0 Å². The highest BCUT2D eigenvalue weighted by atomic mass is 32.2. The number of nitrogens with one attached hydrogen (secondary N) is 1. The fourth-order valence-corrected chi connectivity index (χ4v) is 4.52. The molecular formula is C31H53NO5S. The van der Waals surface area contributed by atoms with Crippen molar-refractivity contribution in [1.29, 1.82) is 0 Å². The molecule has 0 heterocycles. The summed E-state index contributed by atoms with van der Waals surface area (Å²) in [6.45, 7) is 4.27. The van der Waals surface area contributed by atoms with E-state index in [0.717, 1.165) is 83.5 Å². The second-order valence-electron chi connectivity index (χ2n) is 9.64. The van der Waals surface area contributed by atoms with Gasteiger partial charge in [0.05, 0.1) is 17.9 Å². The number of unbranched alkanes of at least 4 members (excludes halogenated alkanes) is 8. The molecule has 0 aliphatic heterocycles. The number of rotatable bonds is 24. The first-order valence-electron chi connectivity index (χ1n) is 14.5. The third-order valence-electron chi connectivity index (χ3n) is 5.95. The van der Waals surface area contributed by atoms with Crippen LogP contribution in [-0.4, -0.2) is 41.9 Å². The Balaban J connectivity index is 4.08. The first-order chi connectivity index (χ1) is 18.3. The summed E-state index contributed by atoms with van der Waals surface area (Å²) in [4.78, 5) is 12.3. The van der Waals surface area contributed by atoms with E-state index in [4.69, 9.17) is 0 Å². The molecule has 0 rings (SSSR count). The highest BCUT2D eigenvalue weighted by Gasteiger charge is 2.24. The second kappa shape index (κ2) is 25.3. The van der Waals surface area contributed by atoms with Gasteiger partial charge in [0.15, 0.2) is 0 Å². The molecule has 0 fully saturated rings. The van der Waals surface area contributed by atoms with Crippen LogP contribution in [0.2, 0.25) is 0 Å². The minimum Gasteiger partial charge on any atom is -0.387 e. The van der Waals surface area contributed by atoms with Crippen molar-refractivity contribution < 1.29 is 22.9 Å². The van der Waals surface area contributed by atoms with Crippen LogP contribution in [0.15, 0.2) is 60.8 Å². The standard InChI is InChI=1S/C31H53NO5S/c1-3-5-7-9-11-12-13-14-15-16-17-18-19-20-21-23-25-27-31(34)32-29(28-38(35,36)37)30(33)26-24-22-10-8-6-4-2/h5,7,11-12,14-15,17-18,24,26,29-30,33H,3-4,6,8-10,13,16,19-23,25,27-28H2,1-2H3,(H,32,34)(H,35,36,37)/b7-5-,12-11-,15-14-,18-17-,26-24+. The summed E-state index contributed by atoms with van der Waals surface area (Å²) in [5.74, 6) is -1.03. The molecule has 0 aliphatic rings. The minimum absolute atomic E-state index is 0.263. The molecule has 0 spiro atoms. The number of hydrogen-bond acceptors (Lipinski definition) is 4. The summed E-state index contributed by atoms with van der Waals surface area (Å²) in [5.41, 5.74) is 0. The van der Waals surface area contributed by atoms with E-state index in [1.54, 1.807) is 6.08 Å². The molecule has 0 radical (unpaired) electrons. The maximum absolute atomic E-state index is 12.3. The molecule has 3 N–H and O–H groups in total. The number of carbonyl (C=O) groups is 1. The van der Waals surface area contributed by atoms with Crippen LogP contribution in [-0.2, 0) is 14.9 Å². The highest BCUT2D eigenvalue weighted by Crippen LogP contribution is 2.09. The SMILES string of the molecule is CC/C=C\C/C=C\C/C=C\C/C=C\CCCCCCC(=O)NC(CS(=O)(=O)O)C(O)/C=C/CCCCCC. The van der Waals surface area contributed by atoms with Gasteiger partial charge in [0.2, 0.25) is 5.91 Å². The van der Waals surface area contributed by atoms with Crippen LogP contribution in [0.5, 0.6) is 0 Å². The third kappa shape index (κ3) is 25.7. The number of allylic oxidation sites excluding steroid dienone is 9. The van der Waals surface area contributed by atoms with E-state index in [1.807, 2.05) is 0 Å². The first kappa shape index (κ1) is 36.0. The molecule has 6 nitrogen and oxygen atoms in total. The van der Waals surface area contributed by atoms with E-state index in [2.05, 4.69) is 67.8 Å². The Kier molecular flexibility index (Phi) is 24.0. The minimum atomic E-state index is -4.33. The summed E-state index contributed by atoms with van der Waals surface area (Å²) in [7, 11) is -4.33. The van der Waals surface area contributed by atoms with Gasteiger partial charge in [0.1, 0.15) is 0 Å². The van der Waals surface area contributed by atoms with Crippen molar-refractivity contribution in [1.82, 2.24) is 5.32 Å². The number of aliphatic hydroxyl groups excluding tert-OH is 1. The third-order valence-corrected chi connectivity index (χ3v) is 6.73. The van der Waals surface area contributed by atoms with E-state index >= 15 is 0 Å². The number of hydrogen-bond donors (Lipinski definition) is 3. The molecule has 218 valence electrons. The summed E-state index contributed by atoms with van der Waals surface area (Å²) in [5, 5.41) is 12.9. The molecule has 2 atom stereocenters. The van der Waals surface area contributed by atoms with E-state index < -0.39 is 28.0 Å². The number of carbonyl (C=O) groups excluding carboxylic acids is 1. The van der Waals surface area contributed by atoms with Crippen molar-refractivity contribution in [3.8, 4) is 0 Å². The maximum Gasteiger partial charge on any atom is 0.267 e. The van der Waals surface area contributed by atoms with Crippen molar-refractivity contribution >= 4 is 16.0 Å². The smallest absolute Gasteiger partial charge is 0.267 e. The van der Waals surface area contributed by atoms with Gasteiger partial charge in [-0.1, -0.05) is 107 Å². The molecule has 38 heavy (non-hydrogen) atoms.